The molecule has 1 amide bonds. The Kier molecular flexibility index (Phi) is 2.68. The normalized spacial score (nSPS) is 33.3. The lowest BCUT2D eigenvalue weighted by molar-refractivity contribution is -0.135. The SMILES string of the molecule is CC1CN(C(=O)C2(C#N)CC2)CC(C)S1. The number of amides is 1. The van der Waals surface area contributed by atoms with E-state index >= 15 is 0 Å². The second kappa shape index (κ2) is 3.71. The lowest BCUT2D eigenvalue weighted by atomic mass is 10.1. The van der Waals surface area contributed by atoms with Crippen molar-refractivity contribution >= 4 is 17.7 Å². The molecule has 0 aromatic carbocycles. The summed E-state index contributed by atoms with van der Waals surface area (Å²) < 4.78 is 0. The lowest BCUT2D eigenvalue weighted by Gasteiger charge is -2.35. The summed E-state index contributed by atoms with van der Waals surface area (Å²) in [5.74, 6) is 0.0731. The maximum Gasteiger partial charge on any atom is 0.243 e. The summed E-state index contributed by atoms with van der Waals surface area (Å²) in [6.45, 7) is 5.90. The minimum Gasteiger partial charge on any atom is -0.339 e. The molecule has 82 valence electrons. The lowest BCUT2D eigenvalue weighted by Crippen LogP contribution is -2.46. The molecule has 3 nitrogen and oxygen atoms in total. The zero-order chi connectivity index (χ0) is 11.1. The van der Waals surface area contributed by atoms with Crippen LogP contribution in [0.3, 0.4) is 0 Å². The predicted molar refractivity (Wildman–Crippen MR) is 60.4 cm³/mol. The molecule has 2 unspecified atom stereocenters. The molecule has 0 radical (unpaired) electrons. The standard InChI is InChI=1S/C11H16N2OS/c1-8-5-13(6-9(2)15-8)10(14)11(7-12)3-4-11/h8-9H,3-6H2,1-2H3. The molecule has 1 aliphatic heterocycles. The molecule has 4 heteroatoms. The molecule has 2 atom stereocenters. The third kappa shape index (κ3) is 1.98. The Morgan fingerprint density at radius 2 is 1.93 bits per heavy atom. The van der Waals surface area contributed by atoms with Crippen molar-refractivity contribution in [3.63, 3.8) is 0 Å². The van der Waals surface area contributed by atoms with E-state index in [1.165, 1.54) is 0 Å². The van der Waals surface area contributed by atoms with Gasteiger partial charge < -0.3 is 4.90 Å². The first kappa shape index (κ1) is 10.8. The van der Waals surface area contributed by atoms with Gasteiger partial charge in [0.05, 0.1) is 6.07 Å². The van der Waals surface area contributed by atoms with Crippen molar-refractivity contribution < 1.29 is 4.79 Å². The summed E-state index contributed by atoms with van der Waals surface area (Å²) in [5, 5.41) is 9.97. The van der Waals surface area contributed by atoms with Gasteiger partial charge >= 0.3 is 0 Å². The average Bonchev–Trinajstić information content (AvgIpc) is 2.95. The van der Waals surface area contributed by atoms with Crippen LogP contribution in [0.5, 0.6) is 0 Å². The van der Waals surface area contributed by atoms with Gasteiger partial charge in [-0.3, -0.25) is 4.79 Å². The Morgan fingerprint density at radius 3 is 2.33 bits per heavy atom. The van der Waals surface area contributed by atoms with Crippen LogP contribution in [-0.4, -0.2) is 34.4 Å². The van der Waals surface area contributed by atoms with Crippen molar-refractivity contribution in [1.29, 1.82) is 5.26 Å². The van der Waals surface area contributed by atoms with Gasteiger partial charge in [0, 0.05) is 23.6 Å². The molecule has 2 rings (SSSR count). The van der Waals surface area contributed by atoms with Gasteiger partial charge in [-0.25, -0.2) is 0 Å². The van der Waals surface area contributed by atoms with Crippen LogP contribution in [0.15, 0.2) is 0 Å². The highest BCUT2D eigenvalue weighted by molar-refractivity contribution is 8.00. The van der Waals surface area contributed by atoms with E-state index in [9.17, 15) is 4.79 Å². The summed E-state index contributed by atoms with van der Waals surface area (Å²) in [7, 11) is 0. The monoisotopic (exact) mass is 224 g/mol. The van der Waals surface area contributed by atoms with E-state index in [1.54, 1.807) is 0 Å². The number of thioether (sulfide) groups is 1. The van der Waals surface area contributed by atoms with Gasteiger partial charge in [0.1, 0.15) is 5.41 Å². The van der Waals surface area contributed by atoms with E-state index in [0.29, 0.717) is 10.5 Å². The van der Waals surface area contributed by atoms with Crippen molar-refractivity contribution in [2.75, 3.05) is 13.1 Å². The van der Waals surface area contributed by atoms with Gasteiger partial charge in [-0.05, 0) is 12.8 Å². The fourth-order valence-electron chi connectivity index (χ4n) is 2.14. The predicted octanol–water partition coefficient (Wildman–Crippen LogP) is 1.64. The molecule has 0 spiro atoms. The molecule has 1 heterocycles. The van der Waals surface area contributed by atoms with Gasteiger partial charge in [0.15, 0.2) is 0 Å². The second-order valence-corrected chi connectivity index (χ2v) is 6.54. The maximum atomic E-state index is 12.1. The summed E-state index contributed by atoms with van der Waals surface area (Å²) in [6, 6.07) is 2.18. The van der Waals surface area contributed by atoms with Crippen molar-refractivity contribution in [3.8, 4) is 6.07 Å². The van der Waals surface area contributed by atoms with Crippen LogP contribution >= 0.6 is 11.8 Å². The van der Waals surface area contributed by atoms with Gasteiger partial charge in [-0.2, -0.15) is 17.0 Å². The van der Waals surface area contributed by atoms with Crippen LogP contribution in [0.2, 0.25) is 0 Å². The molecule has 0 aromatic rings. The van der Waals surface area contributed by atoms with Crippen LogP contribution in [0.4, 0.5) is 0 Å². The molecular weight excluding hydrogens is 208 g/mol. The van der Waals surface area contributed by atoms with Crippen LogP contribution in [0.25, 0.3) is 0 Å². The zero-order valence-corrected chi connectivity index (χ0v) is 10.0. The topological polar surface area (TPSA) is 44.1 Å². The zero-order valence-electron chi connectivity index (χ0n) is 9.19. The van der Waals surface area contributed by atoms with Crippen molar-refractivity contribution in [2.45, 2.75) is 37.2 Å². The van der Waals surface area contributed by atoms with Crippen LogP contribution in [0.1, 0.15) is 26.7 Å². The first-order chi connectivity index (χ1) is 7.07. The van der Waals surface area contributed by atoms with Crippen LogP contribution in [-0.2, 0) is 4.79 Å². The third-order valence-corrected chi connectivity index (χ3v) is 4.31. The Balaban J connectivity index is 2.05. The Labute approximate surface area is 94.8 Å². The number of carbonyl (C=O) groups excluding carboxylic acids is 1. The van der Waals surface area contributed by atoms with Crippen molar-refractivity contribution in [3.05, 3.63) is 0 Å². The molecule has 0 aromatic heterocycles. The maximum absolute atomic E-state index is 12.1. The highest BCUT2D eigenvalue weighted by atomic mass is 32.2. The van der Waals surface area contributed by atoms with Crippen molar-refractivity contribution in [1.82, 2.24) is 4.90 Å². The fraction of sp³-hybridized carbons (Fsp3) is 0.818. The largest absolute Gasteiger partial charge is 0.339 e. The second-order valence-electron chi connectivity index (χ2n) is 4.66. The minimum atomic E-state index is -0.637. The number of nitriles is 1. The highest BCUT2D eigenvalue weighted by Gasteiger charge is 2.53. The number of rotatable bonds is 1. The Bertz CT molecular complexity index is 309. The fourth-order valence-corrected chi connectivity index (χ4v) is 3.47. The van der Waals surface area contributed by atoms with Crippen LogP contribution < -0.4 is 0 Å². The summed E-state index contributed by atoms with van der Waals surface area (Å²) in [5.41, 5.74) is -0.637. The van der Waals surface area contributed by atoms with E-state index in [0.717, 1.165) is 25.9 Å². The Morgan fingerprint density at radius 1 is 1.40 bits per heavy atom. The third-order valence-electron chi connectivity index (χ3n) is 3.08. The smallest absolute Gasteiger partial charge is 0.243 e. The quantitative estimate of drug-likeness (QED) is 0.680. The molecule has 1 aliphatic carbocycles. The Hall–Kier alpha value is -0.690. The van der Waals surface area contributed by atoms with Gasteiger partial charge in [0.2, 0.25) is 5.91 Å². The van der Waals surface area contributed by atoms with E-state index in [4.69, 9.17) is 5.26 Å². The number of hydrogen-bond acceptors (Lipinski definition) is 3. The highest BCUT2D eigenvalue weighted by Crippen LogP contribution is 2.47. The summed E-state index contributed by atoms with van der Waals surface area (Å²) >= 11 is 1.92. The van der Waals surface area contributed by atoms with E-state index in [2.05, 4.69) is 19.9 Å². The van der Waals surface area contributed by atoms with E-state index in [-0.39, 0.29) is 5.91 Å². The number of nitrogens with zero attached hydrogens (tertiary/aromatic N) is 2. The number of carbonyl (C=O) groups is 1. The molecular formula is C11H16N2OS. The first-order valence-corrected chi connectivity index (χ1v) is 6.38. The van der Waals surface area contributed by atoms with Crippen molar-refractivity contribution in [2.24, 2.45) is 5.41 Å². The van der Waals surface area contributed by atoms with Gasteiger partial charge in [-0.15, -0.1) is 0 Å². The van der Waals surface area contributed by atoms with E-state index < -0.39 is 5.41 Å². The first-order valence-electron chi connectivity index (χ1n) is 5.43. The number of hydrogen-bond donors (Lipinski definition) is 0. The summed E-state index contributed by atoms with van der Waals surface area (Å²) in [6.07, 6.45) is 1.52. The molecule has 0 N–H and O–H groups in total. The average molecular weight is 224 g/mol. The van der Waals surface area contributed by atoms with Crippen LogP contribution in [0, 0.1) is 16.7 Å². The minimum absolute atomic E-state index is 0.0731. The molecule has 2 aliphatic rings. The summed E-state index contributed by atoms with van der Waals surface area (Å²) in [4.78, 5) is 14.0. The van der Waals surface area contributed by atoms with E-state index in [1.807, 2.05) is 16.7 Å². The molecule has 15 heavy (non-hydrogen) atoms. The molecule has 0 bridgehead atoms. The molecule has 2 fully saturated rings. The van der Waals surface area contributed by atoms with Gasteiger partial charge in [0.25, 0.3) is 0 Å². The van der Waals surface area contributed by atoms with Gasteiger partial charge in [-0.1, -0.05) is 13.8 Å². The molecule has 1 saturated heterocycles. The molecule has 1 saturated carbocycles.